The Morgan fingerprint density at radius 2 is 1.87 bits per heavy atom. The van der Waals surface area contributed by atoms with Crippen LogP contribution >= 0.6 is 15.9 Å². The van der Waals surface area contributed by atoms with Crippen molar-refractivity contribution in [2.24, 2.45) is 0 Å². The van der Waals surface area contributed by atoms with Crippen LogP contribution in [0.4, 0.5) is 0 Å². The van der Waals surface area contributed by atoms with Gasteiger partial charge in [0, 0.05) is 11.1 Å². The monoisotopic (exact) mass is 266 g/mol. The van der Waals surface area contributed by atoms with Crippen LogP contribution in [0.25, 0.3) is 0 Å². The van der Waals surface area contributed by atoms with E-state index < -0.39 is 0 Å². The normalized spacial score (nSPS) is 15.6. The molecule has 0 amide bonds. The Morgan fingerprint density at radius 3 is 2.53 bits per heavy atom. The number of aromatic hydroxyl groups is 1. The lowest BCUT2D eigenvalue weighted by Crippen LogP contribution is -2.18. The van der Waals surface area contributed by atoms with Gasteiger partial charge in [0.1, 0.15) is 5.75 Å². The molecule has 0 radical (unpaired) electrons. The van der Waals surface area contributed by atoms with Gasteiger partial charge < -0.3 is 5.11 Å². The number of halogens is 1. The summed E-state index contributed by atoms with van der Waals surface area (Å²) in [6, 6.07) is 4.48. The van der Waals surface area contributed by atoms with Crippen molar-refractivity contribution in [2.75, 3.05) is 0 Å². The van der Waals surface area contributed by atoms with Crippen molar-refractivity contribution in [1.29, 1.82) is 0 Å². The molecule has 3 nitrogen and oxygen atoms in total. The second kappa shape index (κ2) is 3.31. The molecule has 0 unspecified atom stereocenters. The fourth-order valence-electron chi connectivity index (χ4n) is 1.55. The van der Waals surface area contributed by atoms with Crippen LogP contribution < -0.4 is 0 Å². The molecule has 0 aromatic heterocycles. The summed E-state index contributed by atoms with van der Waals surface area (Å²) < 4.78 is 0.224. The van der Waals surface area contributed by atoms with Gasteiger partial charge in [-0.3, -0.25) is 9.59 Å². The number of Topliss-reactive ketones (excluding diaryl/α,β-unsaturated/α-hetero) is 2. The minimum atomic E-state index is -0.347. The number of hydrogen-bond acceptors (Lipinski definition) is 3. The molecule has 4 heteroatoms. The standard InChI is InChI=1S/C11H7BrO3/c1-5-9(12)11(15)8-6(10(5)14)3-2-4-7(8)13/h2-4,13H,1H3. The SMILES string of the molecule is CC1=C(Br)C(=O)c2c(O)cccc2C1=O. The largest absolute Gasteiger partial charge is 0.507 e. The molecule has 0 spiro atoms. The van der Waals surface area contributed by atoms with Crippen molar-refractivity contribution in [2.45, 2.75) is 6.92 Å². The van der Waals surface area contributed by atoms with Crippen molar-refractivity contribution in [3.63, 3.8) is 0 Å². The van der Waals surface area contributed by atoms with Crippen molar-refractivity contribution in [1.82, 2.24) is 0 Å². The van der Waals surface area contributed by atoms with E-state index in [9.17, 15) is 14.7 Å². The van der Waals surface area contributed by atoms with Crippen LogP contribution in [0.3, 0.4) is 0 Å². The van der Waals surface area contributed by atoms with E-state index in [2.05, 4.69) is 15.9 Å². The van der Waals surface area contributed by atoms with Gasteiger partial charge in [0.25, 0.3) is 0 Å². The molecule has 2 rings (SSSR count). The number of hydrogen-bond donors (Lipinski definition) is 1. The van der Waals surface area contributed by atoms with Crippen molar-refractivity contribution in [3.05, 3.63) is 39.4 Å². The first-order valence-electron chi connectivity index (χ1n) is 4.31. The van der Waals surface area contributed by atoms with E-state index in [0.717, 1.165) is 0 Å². The lowest BCUT2D eigenvalue weighted by molar-refractivity contribution is 0.0980. The highest BCUT2D eigenvalue weighted by Gasteiger charge is 2.30. The van der Waals surface area contributed by atoms with E-state index in [0.29, 0.717) is 5.57 Å². The molecule has 1 aliphatic carbocycles. The Hall–Kier alpha value is -1.42. The van der Waals surface area contributed by atoms with Gasteiger partial charge in [-0.1, -0.05) is 12.1 Å². The number of phenols is 1. The Kier molecular flexibility index (Phi) is 2.23. The van der Waals surface area contributed by atoms with Crippen LogP contribution in [0.1, 0.15) is 27.6 Å². The number of benzene rings is 1. The second-order valence-corrected chi connectivity index (χ2v) is 4.09. The lowest BCUT2D eigenvalue weighted by atomic mass is 9.89. The first-order chi connectivity index (χ1) is 7.04. The Balaban J connectivity index is 2.79. The maximum Gasteiger partial charge on any atom is 0.204 e. The van der Waals surface area contributed by atoms with Gasteiger partial charge in [-0.25, -0.2) is 0 Å². The van der Waals surface area contributed by atoms with Crippen molar-refractivity contribution in [3.8, 4) is 5.75 Å². The minimum Gasteiger partial charge on any atom is -0.507 e. The van der Waals surface area contributed by atoms with Gasteiger partial charge in [-0.15, -0.1) is 0 Å². The second-order valence-electron chi connectivity index (χ2n) is 3.30. The molecule has 76 valence electrons. The fourth-order valence-corrected chi connectivity index (χ4v) is 1.93. The van der Waals surface area contributed by atoms with Crippen LogP contribution in [-0.4, -0.2) is 16.7 Å². The Morgan fingerprint density at radius 1 is 1.20 bits per heavy atom. The zero-order valence-corrected chi connectivity index (χ0v) is 9.46. The predicted octanol–water partition coefficient (Wildman–Crippen LogP) is 2.44. The molecule has 15 heavy (non-hydrogen) atoms. The number of phenolic OH excluding ortho intramolecular Hbond substituents is 1. The third kappa shape index (κ3) is 1.33. The summed E-state index contributed by atoms with van der Waals surface area (Å²) in [6.45, 7) is 1.58. The van der Waals surface area contributed by atoms with E-state index in [4.69, 9.17) is 0 Å². The maximum atomic E-state index is 11.8. The van der Waals surface area contributed by atoms with Gasteiger partial charge in [0.15, 0.2) is 5.78 Å². The molecule has 1 N–H and O–H groups in total. The molecule has 1 aromatic rings. The molecule has 0 saturated carbocycles. The first kappa shape index (κ1) is 10.1. The third-order valence-electron chi connectivity index (χ3n) is 2.38. The number of rotatable bonds is 0. The maximum absolute atomic E-state index is 11.8. The average molecular weight is 267 g/mol. The minimum absolute atomic E-state index is 0.0833. The number of ketones is 2. The predicted molar refractivity (Wildman–Crippen MR) is 58.4 cm³/mol. The van der Waals surface area contributed by atoms with Gasteiger partial charge in [-0.05, 0) is 28.9 Å². The molecule has 1 aliphatic rings. The van der Waals surface area contributed by atoms with Crippen LogP contribution in [0.15, 0.2) is 28.3 Å². The quantitative estimate of drug-likeness (QED) is 0.785. The number of carbonyl (C=O) groups excluding carboxylic acids is 2. The van der Waals surface area contributed by atoms with Crippen molar-refractivity contribution >= 4 is 27.5 Å². The summed E-state index contributed by atoms with van der Waals surface area (Å²) >= 11 is 3.06. The van der Waals surface area contributed by atoms with Gasteiger partial charge in [0.05, 0.1) is 10.0 Å². The zero-order valence-electron chi connectivity index (χ0n) is 7.87. The molecule has 0 heterocycles. The summed E-state index contributed by atoms with van der Waals surface area (Å²) in [4.78, 5) is 23.5. The van der Waals surface area contributed by atoms with Crippen LogP contribution in [0.2, 0.25) is 0 Å². The lowest BCUT2D eigenvalue weighted by Gasteiger charge is -2.16. The van der Waals surface area contributed by atoms with E-state index in [1.54, 1.807) is 13.0 Å². The molecule has 0 bridgehead atoms. The summed E-state index contributed by atoms with van der Waals surface area (Å²) in [5, 5.41) is 9.53. The summed E-state index contributed by atoms with van der Waals surface area (Å²) in [5.41, 5.74) is 0.721. The van der Waals surface area contributed by atoms with Gasteiger partial charge >= 0.3 is 0 Å². The van der Waals surface area contributed by atoms with E-state index >= 15 is 0 Å². The summed E-state index contributed by atoms with van der Waals surface area (Å²) in [6.07, 6.45) is 0. The summed E-state index contributed by atoms with van der Waals surface area (Å²) in [7, 11) is 0. The first-order valence-corrected chi connectivity index (χ1v) is 5.11. The number of allylic oxidation sites excluding steroid dienone is 2. The highest BCUT2D eigenvalue weighted by Crippen LogP contribution is 2.33. The number of fused-ring (bicyclic) bond motifs is 1. The van der Waals surface area contributed by atoms with Crippen LogP contribution in [0, 0.1) is 0 Å². The van der Waals surface area contributed by atoms with Gasteiger partial charge in [0.2, 0.25) is 5.78 Å². The summed E-state index contributed by atoms with van der Waals surface area (Å²) in [5.74, 6) is -0.733. The molecule has 1 aromatic carbocycles. The molecular formula is C11H7BrO3. The van der Waals surface area contributed by atoms with E-state index in [-0.39, 0.29) is 32.9 Å². The smallest absolute Gasteiger partial charge is 0.204 e. The molecule has 0 saturated heterocycles. The van der Waals surface area contributed by atoms with E-state index in [1.807, 2.05) is 0 Å². The zero-order chi connectivity index (χ0) is 11.2. The Labute approximate surface area is 94.5 Å². The molecular weight excluding hydrogens is 260 g/mol. The highest BCUT2D eigenvalue weighted by atomic mass is 79.9. The van der Waals surface area contributed by atoms with Crippen LogP contribution in [0.5, 0.6) is 5.75 Å². The molecule has 0 atom stereocenters. The fraction of sp³-hybridized carbons (Fsp3) is 0.0909. The third-order valence-corrected chi connectivity index (χ3v) is 3.34. The molecule has 0 fully saturated rings. The Bertz CT molecular complexity index is 515. The van der Waals surface area contributed by atoms with Crippen LogP contribution in [-0.2, 0) is 0 Å². The molecule has 0 aliphatic heterocycles. The average Bonchev–Trinajstić information content (AvgIpc) is 2.23. The van der Waals surface area contributed by atoms with Gasteiger partial charge in [-0.2, -0.15) is 0 Å². The number of carbonyl (C=O) groups is 2. The highest BCUT2D eigenvalue weighted by molar-refractivity contribution is 9.12. The topological polar surface area (TPSA) is 54.4 Å². The van der Waals surface area contributed by atoms with Crippen molar-refractivity contribution < 1.29 is 14.7 Å². The van der Waals surface area contributed by atoms with E-state index in [1.165, 1.54) is 12.1 Å².